The summed E-state index contributed by atoms with van der Waals surface area (Å²) in [6.45, 7) is 5.00. The summed E-state index contributed by atoms with van der Waals surface area (Å²) in [5, 5.41) is 0. The molecule has 1 heterocycles. The Labute approximate surface area is 78.9 Å². The van der Waals surface area contributed by atoms with Crippen molar-refractivity contribution in [2.24, 2.45) is 5.73 Å². The molecule has 1 aromatic heterocycles. The number of aromatic nitrogens is 1. The van der Waals surface area contributed by atoms with Crippen LogP contribution in [0.15, 0.2) is 31.0 Å². The number of hydrogen-bond acceptors (Lipinski definition) is 3. The van der Waals surface area contributed by atoms with Crippen molar-refractivity contribution in [3.05, 3.63) is 36.7 Å². The molecule has 0 aliphatic carbocycles. The Balaban J connectivity index is 2.81. The van der Waals surface area contributed by atoms with Crippen molar-refractivity contribution in [2.75, 3.05) is 18.5 Å². The lowest BCUT2D eigenvalue weighted by molar-refractivity contribution is 0.968. The van der Waals surface area contributed by atoms with Crippen LogP contribution in [0, 0.1) is 0 Å². The predicted octanol–water partition coefficient (Wildman–Crippen LogP) is 1.16. The van der Waals surface area contributed by atoms with E-state index in [4.69, 9.17) is 5.73 Å². The van der Waals surface area contributed by atoms with E-state index >= 15 is 0 Å². The summed E-state index contributed by atoms with van der Waals surface area (Å²) in [5.74, 6) is 0. The molecule has 1 aromatic rings. The van der Waals surface area contributed by atoms with Crippen molar-refractivity contribution in [3.63, 3.8) is 0 Å². The fourth-order valence-electron chi connectivity index (χ4n) is 1.11. The first-order chi connectivity index (χ1) is 6.27. The van der Waals surface area contributed by atoms with Crippen LogP contribution in [0.2, 0.25) is 0 Å². The van der Waals surface area contributed by atoms with Gasteiger partial charge in [-0.1, -0.05) is 6.08 Å². The van der Waals surface area contributed by atoms with Gasteiger partial charge in [-0.05, 0) is 12.1 Å². The molecular weight excluding hydrogens is 162 g/mol. The second-order valence-corrected chi connectivity index (χ2v) is 2.88. The Morgan fingerprint density at radius 3 is 3.08 bits per heavy atom. The van der Waals surface area contributed by atoms with Crippen molar-refractivity contribution < 1.29 is 0 Å². The molecule has 0 aliphatic rings. The standard InChI is InChI=1S/C10H15N3/c1-3-6-13(2)10-4-5-12-9(7-10)8-11/h3-5,7H,1,6,8,11H2,2H3. The van der Waals surface area contributed by atoms with E-state index in [1.807, 2.05) is 25.3 Å². The molecule has 0 saturated carbocycles. The van der Waals surface area contributed by atoms with Gasteiger partial charge in [0, 0.05) is 32.0 Å². The van der Waals surface area contributed by atoms with E-state index in [-0.39, 0.29) is 0 Å². The highest BCUT2D eigenvalue weighted by Gasteiger charge is 1.99. The highest BCUT2D eigenvalue weighted by molar-refractivity contribution is 5.46. The molecule has 3 nitrogen and oxygen atoms in total. The second-order valence-electron chi connectivity index (χ2n) is 2.88. The number of nitrogens with zero attached hydrogens (tertiary/aromatic N) is 2. The van der Waals surface area contributed by atoms with Crippen LogP contribution < -0.4 is 10.6 Å². The van der Waals surface area contributed by atoms with Crippen molar-refractivity contribution in [1.82, 2.24) is 4.98 Å². The van der Waals surface area contributed by atoms with Crippen LogP contribution in [-0.4, -0.2) is 18.6 Å². The molecule has 0 atom stereocenters. The van der Waals surface area contributed by atoms with Gasteiger partial charge in [0.2, 0.25) is 0 Å². The molecule has 0 unspecified atom stereocenters. The number of pyridine rings is 1. The Hall–Kier alpha value is -1.35. The largest absolute Gasteiger partial charge is 0.371 e. The van der Waals surface area contributed by atoms with Gasteiger partial charge in [-0.3, -0.25) is 4.98 Å². The van der Waals surface area contributed by atoms with Gasteiger partial charge in [0.15, 0.2) is 0 Å². The van der Waals surface area contributed by atoms with E-state index in [1.54, 1.807) is 6.20 Å². The first-order valence-corrected chi connectivity index (χ1v) is 4.25. The smallest absolute Gasteiger partial charge is 0.0560 e. The third-order valence-corrected chi connectivity index (χ3v) is 1.85. The fourth-order valence-corrected chi connectivity index (χ4v) is 1.11. The van der Waals surface area contributed by atoms with E-state index in [9.17, 15) is 0 Å². The van der Waals surface area contributed by atoms with Crippen LogP contribution in [0.1, 0.15) is 5.69 Å². The summed E-state index contributed by atoms with van der Waals surface area (Å²) < 4.78 is 0. The average Bonchev–Trinajstić information content (AvgIpc) is 2.18. The molecule has 0 saturated heterocycles. The van der Waals surface area contributed by atoms with Crippen LogP contribution in [-0.2, 0) is 6.54 Å². The van der Waals surface area contributed by atoms with E-state index in [1.165, 1.54) is 0 Å². The summed E-state index contributed by atoms with van der Waals surface area (Å²) in [4.78, 5) is 6.21. The maximum Gasteiger partial charge on any atom is 0.0560 e. The van der Waals surface area contributed by atoms with E-state index in [0.29, 0.717) is 6.54 Å². The highest BCUT2D eigenvalue weighted by Crippen LogP contribution is 2.11. The number of nitrogens with two attached hydrogens (primary N) is 1. The summed E-state index contributed by atoms with van der Waals surface area (Å²) in [5.41, 5.74) is 7.52. The minimum atomic E-state index is 0.482. The van der Waals surface area contributed by atoms with Gasteiger partial charge in [-0.15, -0.1) is 6.58 Å². The van der Waals surface area contributed by atoms with Crippen LogP contribution in [0.25, 0.3) is 0 Å². The minimum absolute atomic E-state index is 0.482. The second kappa shape index (κ2) is 4.62. The molecule has 0 bridgehead atoms. The molecular formula is C10H15N3. The molecule has 0 aromatic carbocycles. The quantitative estimate of drug-likeness (QED) is 0.702. The molecule has 0 radical (unpaired) electrons. The number of anilines is 1. The first kappa shape index (κ1) is 9.74. The molecule has 0 spiro atoms. The van der Waals surface area contributed by atoms with Gasteiger partial charge in [0.25, 0.3) is 0 Å². The molecule has 2 N–H and O–H groups in total. The molecule has 0 amide bonds. The number of hydrogen-bond donors (Lipinski definition) is 1. The molecule has 3 heteroatoms. The summed E-state index contributed by atoms with van der Waals surface area (Å²) in [7, 11) is 2.01. The molecule has 0 aliphatic heterocycles. The van der Waals surface area contributed by atoms with Crippen molar-refractivity contribution in [2.45, 2.75) is 6.54 Å². The van der Waals surface area contributed by atoms with Gasteiger partial charge < -0.3 is 10.6 Å². The van der Waals surface area contributed by atoms with E-state index in [0.717, 1.165) is 17.9 Å². The highest BCUT2D eigenvalue weighted by atomic mass is 15.1. The average molecular weight is 177 g/mol. The maximum absolute atomic E-state index is 5.49. The Bertz CT molecular complexity index is 283. The fraction of sp³-hybridized carbons (Fsp3) is 0.300. The normalized spacial score (nSPS) is 9.69. The first-order valence-electron chi connectivity index (χ1n) is 4.25. The van der Waals surface area contributed by atoms with E-state index in [2.05, 4.69) is 16.5 Å². The zero-order valence-electron chi connectivity index (χ0n) is 7.90. The maximum atomic E-state index is 5.49. The van der Waals surface area contributed by atoms with E-state index < -0.39 is 0 Å². The van der Waals surface area contributed by atoms with Crippen LogP contribution in [0.3, 0.4) is 0 Å². The van der Waals surface area contributed by atoms with Gasteiger partial charge in [-0.25, -0.2) is 0 Å². The topological polar surface area (TPSA) is 42.2 Å². The van der Waals surface area contributed by atoms with Crippen molar-refractivity contribution in [1.29, 1.82) is 0 Å². The SMILES string of the molecule is C=CCN(C)c1ccnc(CN)c1. The zero-order valence-corrected chi connectivity index (χ0v) is 7.90. The van der Waals surface area contributed by atoms with Crippen LogP contribution >= 0.6 is 0 Å². The summed E-state index contributed by atoms with van der Waals surface area (Å²) in [6, 6.07) is 3.95. The third-order valence-electron chi connectivity index (χ3n) is 1.85. The Morgan fingerprint density at radius 1 is 1.69 bits per heavy atom. The number of likely N-dealkylation sites (N-methyl/N-ethyl adjacent to an activating group) is 1. The molecule has 13 heavy (non-hydrogen) atoms. The third kappa shape index (κ3) is 2.56. The molecule has 0 fully saturated rings. The lowest BCUT2D eigenvalue weighted by atomic mass is 10.3. The van der Waals surface area contributed by atoms with Crippen LogP contribution in [0.4, 0.5) is 5.69 Å². The van der Waals surface area contributed by atoms with Gasteiger partial charge in [0.05, 0.1) is 5.69 Å². The number of rotatable bonds is 4. The van der Waals surface area contributed by atoms with Crippen molar-refractivity contribution in [3.8, 4) is 0 Å². The zero-order chi connectivity index (χ0) is 9.68. The Kier molecular flexibility index (Phi) is 3.46. The lowest BCUT2D eigenvalue weighted by Crippen LogP contribution is -2.17. The van der Waals surface area contributed by atoms with Crippen molar-refractivity contribution >= 4 is 5.69 Å². The molecule has 1 rings (SSSR count). The van der Waals surface area contributed by atoms with Gasteiger partial charge in [-0.2, -0.15) is 0 Å². The molecule has 70 valence electrons. The van der Waals surface area contributed by atoms with Gasteiger partial charge in [0.1, 0.15) is 0 Å². The summed E-state index contributed by atoms with van der Waals surface area (Å²) >= 11 is 0. The minimum Gasteiger partial charge on any atom is -0.371 e. The predicted molar refractivity (Wildman–Crippen MR) is 55.6 cm³/mol. The van der Waals surface area contributed by atoms with Crippen LogP contribution in [0.5, 0.6) is 0 Å². The van der Waals surface area contributed by atoms with Gasteiger partial charge >= 0.3 is 0 Å². The monoisotopic (exact) mass is 177 g/mol. The Morgan fingerprint density at radius 2 is 2.46 bits per heavy atom. The summed E-state index contributed by atoms with van der Waals surface area (Å²) in [6.07, 6.45) is 3.64. The lowest BCUT2D eigenvalue weighted by Gasteiger charge is -2.17.